The molecule has 0 saturated heterocycles. The number of aliphatic carboxylic acids is 1. The van der Waals surface area contributed by atoms with Crippen molar-refractivity contribution >= 4 is 5.97 Å². The highest BCUT2D eigenvalue weighted by molar-refractivity contribution is 5.66. The predicted molar refractivity (Wildman–Crippen MR) is 73.8 cm³/mol. The van der Waals surface area contributed by atoms with Crippen LogP contribution in [-0.4, -0.2) is 25.8 Å². The Morgan fingerprint density at radius 2 is 1.32 bits per heavy atom. The molecule has 0 unspecified atom stereocenters. The SMILES string of the molecule is O=C(O)CCCCCCCCCCCn1cnnc1. The van der Waals surface area contributed by atoms with Crippen molar-refractivity contribution in [3.05, 3.63) is 12.7 Å². The van der Waals surface area contributed by atoms with Gasteiger partial charge in [0.25, 0.3) is 0 Å². The summed E-state index contributed by atoms with van der Waals surface area (Å²) in [6.07, 6.45) is 14.5. The van der Waals surface area contributed by atoms with Gasteiger partial charge in [-0.2, -0.15) is 0 Å². The standard InChI is InChI=1S/C14H25N3O2/c18-14(19)10-8-6-4-2-1-3-5-7-9-11-17-12-15-16-13-17/h12-13H,1-11H2,(H,18,19). The van der Waals surface area contributed by atoms with Gasteiger partial charge in [-0.1, -0.05) is 44.9 Å². The van der Waals surface area contributed by atoms with E-state index in [1.807, 2.05) is 4.57 Å². The first-order valence-electron chi connectivity index (χ1n) is 7.33. The van der Waals surface area contributed by atoms with E-state index in [0.717, 1.165) is 19.4 Å². The van der Waals surface area contributed by atoms with E-state index < -0.39 is 5.97 Å². The predicted octanol–water partition coefficient (Wildman–Crippen LogP) is 3.26. The summed E-state index contributed by atoms with van der Waals surface area (Å²) in [6, 6.07) is 0. The first kappa shape index (κ1) is 15.7. The molecule has 1 aromatic heterocycles. The molecule has 1 N–H and O–H groups in total. The Hall–Kier alpha value is -1.39. The summed E-state index contributed by atoms with van der Waals surface area (Å²) >= 11 is 0. The minimum atomic E-state index is -0.673. The topological polar surface area (TPSA) is 68.0 Å². The van der Waals surface area contributed by atoms with Crippen molar-refractivity contribution in [2.24, 2.45) is 0 Å². The summed E-state index contributed by atoms with van der Waals surface area (Å²) in [5.74, 6) is -0.673. The molecule has 0 bridgehead atoms. The van der Waals surface area contributed by atoms with Crippen LogP contribution in [0, 0.1) is 0 Å². The van der Waals surface area contributed by atoms with Crippen molar-refractivity contribution in [2.75, 3.05) is 0 Å². The van der Waals surface area contributed by atoms with E-state index in [4.69, 9.17) is 5.11 Å². The van der Waals surface area contributed by atoms with E-state index in [2.05, 4.69) is 10.2 Å². The summed E-state index contributed by atoms with van der Waals surface area (Å²) in [7, 11) is 0. The van der Waals surface area contributed by atoms with E-state index >= 15 is 0 Å². The summed E-state index contributed by atoms with van der Waals surface area (Å²) in [5, 5.41) is 16.0. The quantitative estimate of drug-likeness (QED) is 0.590. The Kier molecular flexibility index (Phi) is 8.68. The normalized spacial score (nSPS) is 10.7. The number of unbranched alkanes of at least 4 members (excludes halogenated alkanes) is 8. The fraction of sp³-hybridized carbons (Fsp3) is 0.786. The van der Waals surface area contributed by atoms with Gasteiger partial charge >= 0.3 is 5.97 Å². The Labute approximate surface area is 115 Å². The van der Waals surface area contributed by atoms with Crippen LogP contribution in [0.5, 0.6) is 0 Å². The molecule has 1 rings (SSSR count). The van der Waals surface area contributed by atoms with Crippen LogP contribution in [0.3, 0.4) is 0 Å². The molecule has 19 heavy (non-hydrogen) atoms. The number of hydrogen-bond acceptors (Lipinski definition) is 3. The van der Waals surface area contributed by atoms with Crippen LogP contribution < -0.4 is 0 Å². The number of nitrogens with zero attached hydrogens (tertiary/aromatic N) is 3. The molecule has 0 aliphatic rings. The van der Waals surface area contributed by atoms with Crippen molar-refractivity contribution in [3.8, 4) is 0 Å². The molecule has 108 valence electrons. The number of hydrogen-bond donors (Lipinski definition) is 1. The molecule has 0 saturated carbocycles. The van der Waals surface area contributed by atoms with Gasteiger partial charge in [-0.3, -0.25) is 4.79 Å². The van der Waals surface area contributed by atoms with Crippen LogP contribution in [0.4, 0.5) is 0 Å². The first-order valence-corrected chi connectivity index (χ1v) is 7.33. The Balaban J connectivity index is 1.75. The van der Waals surface area contributed by atoms with Gasteiger partial charge in [-0.05, 0) is 12.8 Å². The monoisotopic (exact) mass is 267 g/mol. The molecule has 5 heteroatoms. The Morgan fingerprint density at radius 3 is 1.84 bits per heavy atom. The largest absolute Gasteiger partial charge is 0.481 e. The lowest BCUT2D eigenvalue weighted by Gasteiger charge is -2.02. The van der Waals surface area contributed by atoms with Crippen molar-refractivity contribution in [3.63, 3.8) is 0 Å². The van der Waals surface area contributed by atoms with Crippen LogP contribution in [0.25, 0.3) is 0 Å². The van der Waals surface area contributed by atoms with Crippen molar-refractivity contribution in [1.29, 1.82) is 0 Å². The second kappa shape index (κ2) is 10.5. The number of carboxylic acids is 1. The van der Waals surface area contributed by atoms with Crippen molar-refractivity contribution in [1.82, 2.24) is 14.8 Å². The second-order valence-electron chi connectivity index (χ2n) is 5.03. The third-order valence-corrected chi connectivity index (χ3v) is 3.27. The maximum atomic E-state index is 10.3. The molecule has 0 aromatic carbocycles. The Bertz CT molecular complexity index is 325. The van der Waals surface area contributed by atoms with Crippen LogP contribution in [0.15, 0.2) is 12.7 Å². The summed E-state index contributed by atoms with van der Waals surface area (Å²) < 4.78 is 2.02. The van der Waals surface area contributed by atoms with Gasteiger partial charge in [0.15, 0.2) is 0 Å². The van der Waals surface area contributed by atoms with Gasteiger partial charge in [-0.25, -0.2) is 0 Å². The number of aryl methyl sites for hydroxylation is 1. The molecule has 0 fully saturated rings. The van der Waals surface area contributed by atoms with Crippen molar-refractivity contribution in [2.45, 2.75) is 70.8 Å². The lowest BCUT2D eigenvalue weighted by molar-refractivity contribution is -0.137. The first-order chi connectivity index (χ1) is 9.29. The molecule has 0 aliphatic heterocycles. The van der Waals surface area contributed by atoms with Gasteiger partial charge in [0.1, 0.15) is 12.7 Å². The summed E-state index contributed by atoms with van der Waals surface area (Å²) in [6.45, 7) is 1.02. The van der Waals surface area contributed by atoms with E-state index in [-0.39, 0.29) is 0 Å². The van der Waals surface area contributed by atoms with E-state index in [1.165, 1.54) is 44.9 Å². The molecule has 0 aliphatic carbocycles. The maximum Gasteiger partial charge on any atom is 0.303 e. The zero-order valence-corrected chi connectivity index (χ0v) is 11.6. The van der Waals surface area contributed by atoms with Crippen LogP contribution >= 0.6 is 0 Å². The second-order valence-corrected chi connectivity index (χ2v) is 5.03. The van der Waals surface area contributed by atoms with Gasteiger partial charge in [0.05, 0.1) is 0 Å². The fourth-order valence-corrected chi connectivity index (χ4v) is 2.15. The molecule has 1 aromatic rings. The molecule has 0 spiro atoms. The molecular weight excluding hydrogens is 242 g/mol. The minimum Gasteiger partial charge on any atom is -0.481 e. The fourth-order valence-electron chi connectivity index (χ4n) is 2.15. The van der Waals surface area contributed by atoms with Gasteiger partial charge in [0, 0.05) is 13.0 Å². The minimum absolute atomic E-state index is 0.323. The number of carbonyl (C=O) groups is 1. The van der Waals surface area contributed by atoms with Gasteiger partial charge < -0.3 is 9.67 Å². The molecule has 0 radical (unpaired) electrons. The average Bonchev–Trinajstić information content (AvgIpc) is 2.88. The lowest BCUT2D eigenvalue weighted by Crippen LogP contribution is -1.94. The van der Waals surface area contributed by atoms with Crippen molar-refractivity contribution < 1.29 is 9.90 Å². The van der Waals surface area contributed by atoms with E-state index in [9.17, 15) is 4.79 Å². The number of rotatable bonds is 12. The molecule has 0 amide bonds. The highest BCUT2D eigenvalue weighted by Crippen LogP contribution is 2.10. The maximum absolute atomic E-state index is 10.3. The molecule has 5 nitrogen and oxygen atoms in total. The lowest BCUT2D eigenvalue weighted by atomic mass is 10.1. The molecule has 1 heterocycles. The molecular formula is C14H25N3O2. The smallest absolute Gasteiger partial charge is 0.303 e. The summed E-state index contributed by atoms with van der Waals surface area (Å²) in [5.41, 5.74) is 0. The summed E-state index contributed by atoms with van der Waals surface area (Å²) in [4.78, 5) is 10.3. The molecule has 0 atom stereocenters. The van der Waals surface area contributed by atoms with Gasteiger partial charge in [-0.15, -0.1) is 10.2 Å². The van der Waals surface area contributed by atoms with E-state index in [0.29, 0.717) is 6.42 Å². The number of carboxylic acid groups (broad SMARTS) is 1. The Morgan fingerprint density at radius 1 is 0.842 bits per heavy atom. The third-order valence-electron chi connectivity index (χ3n) is 3.27. The highest BCUT2D eigenvalue weighted by atomic mass is 16.4. The van der Waals surface area contributed by atoms with Crippen LogP contribution in [0.1, 0.15) is 64.2 Å². The zero-order chi connectivity index (χ0) is 13.8. The third kappa shape index (κ3) is 9.22. The van der Waals surface area contributed by atoms with Gasteiger partial charge in [0.2, 0.25) is 0 Å². The highest BCUT2D eigenvalue weighted by Gasteiger charge is 1.97. The average molecular weight is 267 g/mol. The number of aromatic nitrogens is 3. The van der Waals surface area contributed by atoms with E-state index in [1.54, 1.807) is 12.7 Å². The van der Waals surface area contributed by atoms with Crippen LogP contribution in [-0.2, 0) is 11.3 Å². The van der Waals surface area contributed by atoms with Crippen LogP contribution in [0.2, 0.25) is 0 Å². The zero-order valence-electron chi connectivity index (χ0n) is 11.6.